The van der Waals surface area contributed by atoms with Crippen molar-refractivity contribution >= 4 is 33.4 Å². The molecule has 0 spiro atoms. The Kier molecular flexibility index (Phi) is 9.87. The van der Waals surface area contributed by atoms with E-state index in [9.17, 15) is 18.3 Å². The van der Waals surface area contributed by atoms with Gasteiger partial charge >= 0.3 is 0 Å². The van der Waals surface area contributed by atoms with E-state index in [2.05, 4.69) is 17.0 Å². The second-order valence-corrected chi connectivity index (χ2v) is 12.0. The standard InChI is InChI=1S/C23H38N4O4S2/c1-17-14-19-4-2-5-21(22(19)25-15-17)33(30,31)26-20(16-32-13-3-9-24)23(29)27-10-6-18(7-11-27)8-12-28/h2,4-5,17-18,20,25-26,28H,3,6-16,24H2,1H3. The van der Waals surface area contributed by atoms with E-state index in [1.165, 1.54) is 0 Å². The van der Waals surface area contributed by atoms with Crippen molar-refractivity contribution in [2.75, 3.05) is 49.6 Å². The first-order chi connectivity index (χ1) is 15.9. The molecule has 1 amide bonds. The van der Waals surface area contributed by atoms with Gasteiger partial charge in [0.15, 0.2) is 0 Å². The number of carbonyl (C=O) groups is 1. The molecule has 2 aliphatic rings. The Balaban J connectivity index is 1.75. The number of likely N-dealkylation sites (tertiary alicyclic amines) is 1. The summed E-state index contributed by atoms with van der Waals surface area (Å²) in [6.45, 7) is 4.76. The van der Waals surface area contributed by atoms with Crippen molar-refractivity contribution in [3.8, 4) is 0 Å². The number of carbonyl (C=O) groups excluding carboxylic acids is 1. The van der Waals surface area contributed by atoms with E-state index >= 15 is 0 Å². The van der Waals surface area contributed by atoms with Gasteiger partial charge in [-0.05, 0) is 67.9 Å². The van der Waals surface area contributed by atoms with Crippen LogP contribution in [-0.4, -0.2) is 74.7 Å². The highest BCUT2D eigenvalue weighted by Crippen LogP contribution is 2.31. The topological polar surface area (TPSA) is 125 Å². The van der Waals surface area contributed by atoms with E-state index in [0.29, 0.717) is 42.9 Å². The minimum Gasteiger partial charge on any atom is -0.396 e. The molecule has 10 heteroatoms. The van der Waals surface area contributed by atoms with Crippen LogP contribution in [0, 0.1) is 11.8 Å². The smallest absolute Gasteiger partial charge is 0.243 e. The van der Waals surface area contributed by atoms with Crippen molar-refractivity contribution < 1.29 is 18.3 Å². The van der Waals surface area contributed by atoms with Crippen LogP contribution < -0.4 is 15.8 Å². The molecule has 1 aromatic rings. The zero-order chi connectivity index (χ0) is 23.8. The number of piperidine rings is 1. The number of amides is 1. The highest BCUT2D eigenvalue weighted by atomic mass is 32.2. The molecule has 2 aliphatic heterocycles. The van der Waals surface area contributed by atoms with Gasteiger partial charge in [-0.1, -0.05) is 19.1 Å². The molecular formula is C23H38N4O4S2. The lowest BCUT2D eigenvalue weighted by Gasteiger charge is -2.34. The van der Waals surface area contributed by atoms with Gasteiger partial charge in [-0.3, -0.25) is 4.79 Å². The number of aliphatic hydroxyl groups is 1. The van der Waals surface area contributed by atoms with E-state index in [0.717, 1.165) is 50.0 Å². The van der Waals surface area contributed by atoms with Crippen molar-refractivity contribution in [2.24, 2.45) is 17.6 Å². The monoisotopic (exact) mass is 498 g/mol. The van der Waals surface area contributed by atoms with Gasteiger partial charge in [0, 0.05) is 32.0 Å². The SMILES string of the molecule is CC1CNc2c(cccc2S(=O)(=O)NC(CSCCCN)C(=O)N2CCC(CCO)CC2)C1. The van der Waals surface area contributed by atoms with Crippen LogP contribution >= 0.6 is 11.8 Å². The summed E-state index contributed by atoms with van der Waals surface area (Å²) in [5.74, 6) is 1.82. The van der Waals surface area contributed by atoms with Crippen LogP contribution in [0.3, 0.4) is 0 Å². The molecule has 0 radical (unpaired) electrons. The number of hydrogen-bond donors (Lipinski definition) is 4. The Hall–Kier alpha value is -1.33. The fourth-order valence-electron chi connectivity index (χ4n) is 4.53. The summed E-state index contributed by atoms with van der Waals surface area (Å²) < 4.78 is 29.6. The molecular weight excluding hydrogens is 460 g/mol. The van der Waals surface area contributed by atoms with Crippen LogP contribution in [0.2, 0.25) is 0 Å². The Bertz CT molecular complexity index is 888. The van der Waals surface area contributed by atoms with Crippen molar-refractivity contribution in [3.05, 3.63) is 23.8 Å². The van der Waals surface area contributed by atoms with Crippen LogP contribution in [0.15, 0.2) is 23.1 Å². The number of fused-ring (bicyclic) bond motifs is 1. The average molecular weight is 499 g/mol. The summed E-state index contributed by atoms with van der Waals surface area (Å²) in [4.78, 5) is 15.3. The van der Waals surface area contributed by atoms with Crippen molar-refractivity contribution in [1.82, 2.24) is 9.62 Å². The van der Waals surface area contributed by atoms with E-state index in [4.69, 9.17) is 5.73 Å². The molecule has 0 bridgehead atoms. The van der Waals surface area contributed by atoms with Crippen molar-refractivity contribution in [1.29, 1.82) is 0 Å². The lowest BCUT2D eigenvalue weighted by molar-refractivity contribution is -0.133. The summed E-state index contributed by atoms with van der Waals surface area (Å²) >= 11 is 1.55. The van der Waals surface area contributed by atoms with Gasteiger partial charge in [-0.2, -0.15) is 16.5 Å². The second kappa shape index (κ2) is 12.4. The van der Waals surface area contributed by atoms with Crippen LogP contribution in [0.1, 0.15) is 38.2 Å². The van der Waals surface area contributed by atoms with Gasteiger partial charge in [0.25, 0.3) is 0 Å². The lowest BCUT2D eigenvalue weighted by atomic mass is 9.93. The van der Waals surface area contributed by atoms with E-state index in [1.54, 1.807) is 28.8 Å². The molecule has 1 fully saturated rings. The molecule has 0 aliphatic carbocycles. The van der Waals surface area contributed by atoms with Crippen LogP contribution in [0.5, 0.6) is 0 Å². The number of hydrogen-bond acceptors (Lipinski definition) is 7. The summed E-state index contributed by atoms with van der Waals surface area (Å²) in [5, 5.41) is 12.5. The third-order valence-electron chi connectivity index (χ3n) is 6.43. The molecule has 5 N–H and O–H groups in total. The largest absolute Gasteiger partial charge is 0.396 e. The third-order valence-corrected chi connectivity index (χ3v) is 9.09. The number of nitrogens with zero attached hydrogens (tertiary/aromatic N) is 1. The highest BCUT2D eigenvalue weighted by molar-refractivity contribution is 7.99. The quantitative estimate of drug-likeness (QED) is 0.342. The number of aliphatic hydroxyl groups excluding tert-OH is 1. The van der Waals surface area contributed by atoms with Gasteiger partial charge in [-0.15, -0.1) is 0 Å². The predicted octanol–water partition coefficient (Wildman–Crippen LogP) is 1.64. The van der Waals surface area contributed by atoms with Crippen molar-refractivity contribution in [2.45, 2.75) is 50.0 Å². The average Bonchev–Trinajstić information content (AvgIpc) is 2.80. The molecule has 2 atom stereocenters. The Morgan fingerprint density at radius 2 is 2.12 bits per heavy atom. The number of benzene rings is 1. The molecule has 1 aromatic carbocycles. The number of thioether (sulfide) groups is 1. The number of para-hydroxylation sites is 1. The maximum absolute atomic E-state index is 13.4. The number of anilines is 1. The zero-order valence-corrected chi connectivity index (χ0v) is 21.1. The lowest BCUT2D eigenvalue weighted by Crippen LogP contribution is -2.52. The van der Waals surface area contributed by atoms with Crippen LogP contribution in [0.4, 0.5) is 5.69 Å². The van der Waals surface area contributed by atoms with Crippen LogP contribution in [0.25, 0.3) is 0 Å². The molecule has 33 heavy (non-hydrogen) atoms. The molecule has 186 valence electrons. The first kappa shape index (κ1) is 26.3. The maximum Gasteiger partial charge on any atom is 0.243 e. The first-order valence-corrected chi connectivity index (χ1v) is 14.5. The number of rotatable bonds is 11. The van der Waals surface area contributed by atoms with E-state index in [1.807, 2.05) is 6.07 Å². The predicted molar refractivity (Wildman–Crippen MR) is 134 cm³/mol. The Morgan fingerprint density at radius 3 is 2.82 bits per heavy atom. The van der Waals surface area contributed by atoms with E-state index in [-0.39, 0.29) is 17.4 Å². The number of nitrogens with two attached hydrogens (primary N) is 1. The number of sulfonamides is 1. The summed E-state index contributed by atoms with van der Waals surface area (Å²) in [6.07, 6.45) is 4.06. The highest BCUT2D eigenvalue weighted by Gasteiger charge is 2.33. The summed E-state index contributed by atoms with van der Waals surface area (Å²) in [5.41, 5.74) is 7.22. The molecule has 3 rings (SSSR count). The third kappa shape index (κ3) is 7.08. The van der Waals surface area contributed by atoms with Gasteiger partial charge in [0.2, 0.25) is 15.9 Å². The molecule has 1 saturated heterocycles. The van der Waals surface area contributed by atoms with Crippen LogP contribution in [-0.2, 0) is 21.2 Å². The zero-order valence-electron chi connectivity index (χ0n) is 19.5. The molecule has 2 unspecified atom stereocenters. The van der Waals surface area contributed by atoms with Crippen molar-refractivity contribution in [3.63, 3.8) is 0 Å². The minimum absolute atomic E-state index is 0.160. The van der Waals surface area contributed by atoms with E-state index < -0.39 is 16.1 Å². The van der Waals surface area contributed by atoms with Gasteiger partial charge in [0.1, 0.15) is 10.9 Å². The molecule has 0 aromatic heterocycles. The first-order valence-electron chi connectivity index (χ1n) is 11.9. The summed E-state index contributed by atoms with van der Waals surface area (Å²) in [6, 6.07) is 4.50. The second-order valence-electron chi connectivity index (χ2n) is 9.15. The fourth-order valence-corrected chi connectivity index (χ4v) is 7.05. The summed E-state index contributed by atoms with van der Waals surface area (Å²) in [7, 11) is -3.90. The van der Waals surface area contributed by atoms with Gasteiger partial charge in [-0.25, -0.2) is 8.42 Å². The minimum atomic E-state index is -3.90. The maximum atomic E-state index is 13.4. The molecule has 0 saturated carbocycles. The Morgan fingerprint density at radius 1 is 1.36 bits per heavy atom. The fraction of sp³-hybridized carbons (Fsp3) is 0.696. The van der Waals surface area contributed by atoms with Gasteiger partial charge < -0.3 is 21.1 Å². The Labute approximate surface area is 202 Å². The van der Waals surface area contributed by atoms with Gasteiger partial charge in [0.05, 0.1) is 5.69 Å². The molecule has 8 nitrogen and oxygen atoms in total. The normalized spacial score (nSPS) is 20.2. The number of nitrogens with one attached hydrogen (secondary N) is 2. The molecule has 2 heterocycles.